The van der Waals surface area contributed by atoms with Crippen LogP contribution in [-0.4, -0.2) is 56.5 Å². The fourth-order valence-electron chi connectivity index (χ4n) is 4.29. The molecule has 1 saturated heterocycles. The molecule has 0 saturated carbocycles. The molecule has 6 heteroatoms. The minimum atomic E-state index is -0.536. The first kappa shape index (κ1) is 20.6. The summed E-state index contributed by atoms with van der Waals surface area (Å²) >= 11 is 0. The predicted molar refractivity (Wildman–Crippen MR) is 113 cm³/mol. The monoisotopic (exact) mass is 386 g/mol. The fraction of sp³-hybridized carbons (Fsp3) is 0.636. The Morgan fingerprint density at radius 2 is 1.79 bits per heavy atom. The minimum absolute atomic E-state index is 0.112. The molecule has 2 amide bonds. The van der Waals surface area contributed by atoms with Crippen molar-refractivity contribution in [2.24, 2.45) is 0 Å². The zero-order chi connectivity index (χ0) is 19.9. The van der Waals surface area contributed by atoms with Crippen LogP contribution < -0.4 is 15.5 Å². The van der Waals surface area contributed by atoms with Gasteiger partial charge in [0.05, 0.1) is 6.04 Å². The highest BCUT2D eigenvalue weighted by atomic mass is 16.2. The Hall–Kier alpha value is -2.08. The van der Waals surface area contributed by atoms with Crippen LogP contribution in [0.5, 0.6) is 0 Å². The number of nitrogens with one attached hydrogen (secondary N) is 2. The average molecular weight is 387 g/mol. The topological polar surface area (TPSA) is 64.7 Å². The Morgan fingerprint density at radius 3 is 2.54 bits per heavy atom. The number of fused-ring (bicyclic) bond motifs is 1. The van der Waals surface area contributed by atoms with Crippen molar-refractivity contribution < 1.29 is 9.59 Å². The van der Waals surface area contributed by atoms with Crippen LogP contribution >= 0.6 is 0 Å². The number of amides is 2. The number of nitrogens with zero attached hydrogens (tertiary/aromatic N) is 2. The highest BCUT2D eigenvalue weighted by molar-refractivity contribution is 6.35. The van der Waals surface area contributed by atoms with Crippen molar-refractivity contribution in [3.63, 3.8) is 0 Å². The number of likely N-dealkylation sites (tertiary alicyclic amines) is 1. The van der Waals surface area contributed by atoms with Gasteiger partial charge in [-0.2, -0.15) is 0 Å². The van der Waals surface area contributed by atoms with E-state index in [-0.39, 0.29) is 6.04 Å². The van der Waals surface area contributed by atoms with Crippen molar-refractivity contribution in [1.82, 2.24) is 15.5 Å². The summed E-state index contributed by atoms with van der Waals surface area (Å²) in [4.78, 5) is 28.9. The second-order valence-electron chi connectivity index (χ2n) is 7.99. The molecular formula is C22H34N4O2. The van der Waals surface area contributed by atoms with Crippen LogP contribution in [0.25, 0.3) is 0 Å². The molecule has 1 aromatic rings. The normalized spacial score (nSPS) is 18.3. The maximum atomic E-state index is 12.2. The second-order valence-corrected chi connectivity index (χ2v) is 7.99. The van der Waals surface area contributed by atoms with E-state index in [9.17, 15) is 9.59 Å². The molecule has 1 atom stereocenters. The number of benzene rings is 1. The van der Waals surface area contributed by atoms with E-state index in [1.165, 1.54) is 42.5 Å². The lowest BCUT2D eigenvalue weighted by Crippen LogP contribution is -2.45. The molecule has 0 spiro atoms. The van der Waals surface area contributed by atoms with Gasteiger partial charge in [-0.1, -0.05) is 25.5 Å². The highest BCUT2D eigenvalue weighted by Gasteiger charge is 2.25. The van der Waals surface area contributed by atoms with Crippen LogP contribution in [0, 0.1) is 0 Å². The summed E-state index contributed by atoms with van der Waals surface area (Å²) in [5.74, 6) is -1.07. The number of hydrogen-bond acceptors (Lipinski definition) is 4. The van der Waals surface area contributed by atoms with E-state index in [2.05, 4.69) is 45.7 Å². The van der Waals surface area contributed by atoms with Gasteiger partial charge < -0.3 is 15.5 Å². The molecule has 2 N–H and O–H groups in total. The molecule has 0 aliphatic carbocycles. The quantitative estimate of drug-likeness (QED) is 0.736. The van der Waals surface area contributed by atoms with Crippen molar-refractivity contribution in [2.45, 2.75) is 51.5 Å². The van der Waals surface area contributed by atoms with Gasteiger partial charge in [0.15, 0.2) is 0 Å². The smallest absolute Gasteiger partial charge is 0.309 e. The van der Waals surface area contributed by atoms with Crippen molar-refractivity contribution in [1.29, 1.82) is 0 Å². The van der Waals surface area contributed by atoms with E-state index in [1.54, 1.807) is 0 Å². The standard InChI is InChI=1S/C22H34N4O2/c1-3-11-23-21(27)22(28)24-16-20(26-13-5-4-6-14-26)18-9-10-19-17(15-18)8-7-12-25(19)2/h9-10,15,20H,3-8,11-14,16H2,1-2H3,(H,23,27)(H,24,28). The van der Waals surface area contributed by atoms with Gasteiger partial charge in [-0.3, -0.25) is 14.5 Å². The maximum absolute atomic E-state index is 12.2. The first-order valence-electron chi connectivity index (χ1n) is 10.7. The van der Waals surface area contributed by atoms with Gasteiger partial charge in [0.1, 0.15) is 0 Å². The summed E-state index contributed by atoms with van der Waals surface area (Å²) in [6.07, 6.45) is 6.74. The Kier molecular flexibility index (Phi) is 7.31. The molecular weight excluding hydrogens is 352 g/mol. The van der Waals surface area contributed by atoms with Gasteiger partial charge in [-0.15, -0.1) is 0 Å². The number of hydrogen-bond donors (Lipinski definition) is 2. The lowest BCUT2D eigenvalue weighted by molar-refractivity contribution is -0.139. The van der Waals surface area contributed by atoms with E-state index < -0.39 is 11.8 Å². The van der Waals surface area contributed by atoms with Gasteiger partial charge in [0, 0.05) is 32.4 Å². The van der Waals surface area contributed by atoms with Crippen LogP contribution in [0.15, 0.2) is 18.2 Å². The lowest BCUT2D eigenvalue weighted by Gasteiger charge is -2.36. The van der Waals surface area contributed by atoms with Crippen molar-refractivity contribution in [2.75, 3.05) is 44.7 Å². The summed E-state index contributed by atoms with van der Waals surface area (Å²) in [6.45, 7) is 6.15. The van der Waals surface area contributed by atoms with Gasteiger partial charge >= 0.3 is 11.8 Å². The van der Waals surface area contributed by atoms with Gasteiger partial charge in [-0.25, -0.2) is 0 Å². The first-order chi connectivity index (χ1) is 13.6. The molecule has 28 heavy (non-hydrogen) atoms. The third kappa shape index (κ3) is 5.04. The third-order valence-corrected chi connectivity index (χ3v) is 5.87. The fourth-order valence-corrected chi connectivity index (χ4v) is 4.29. The maximum Gasteiger partial charge on any atom is 0.309 e. The lowest BCUT2D eigenvalue weighted by atomic mass is 9.95. The van der Waals surface area contributed by atoms with Gasteiger partial charge in [0.2, 0.25) is 0 Å². The highest BCUT2D eigenvalue weighted by Crippen LogP contribution is 2.31. The van der Waals surface area contributed by atoms with Crippen LogP contribution in [-0.2, 0) is 16.0 Å². The molecule has 1 fully saturated rings. The van der Waals surface area contributed by atoms with E-state index in [4.69, 9.17) is 0 Å². The summed E-state index contributed by atoms with van der Waals surface area (Å²) < 4.78 is 0. The summed E-state index contributed by atoms with van der Waals surface area (Å²) in [5.41, 5.74) is 3.95. The largest absolute Gasteiger partial charge is 0.374 e. The molecule has 2 aliphatic rings. The molecule has 1 unspecified atom stereocenters. The number of carbonyl (C=O) groups excluding carboxylic acids is 2. The number of carbonyl (C=O) groups is 2. The molecule has 2 aliphatic heterocycles. The van der Waals surface area contributed by atoms with E-state index in [0.717, 1.165) is 32.5 Å². The molecule has 154 valence electrons. The zero-order valence-corrected chi connectivity index (χ0v) is 17.3. The Balaban J connectivity index is 1.74. The second kappa shape index (κ2) is 9.92. The molecule has 0 radical (unpaired) electrons. The molecule has 2 heterocycles. The molecule has 0 bridgehead atoms. The van der Waals surface area contributed by atoms with Crippen LogP contribution in [0.2, 0.25) is 0 Å². The first-order valence-corrected chi connectivity index (χ1v) is 10.7. The molecule has 3 rings (SSSR count). The van der Waals surface area contributed by atoms with Crippen molar-refractivity contribution in [3.8, 4) is 0 Å². The average Bonchev–Trinajstić information content (AvgIpc) is 2.73. The van der Waals surface area contributed by atoms with Gasteiger partial charge in [0.25, 0.3) is 0 Å². The zero-order valence-electron chi connectivity index (χ0n) is 17.3. The molecule has 6 nitrogen and oxygen atoms in total. The Bertz CT molecular complexity index is 685. The van der Waals surface area contributed by atoms with E-state index in [0.29, 0.717) is 13.1 Å². The number of piperidine rings is 1. The van der Waals surface area contributed by atoms with Crippen LogP contribution in [0.4, 0.5) is 5.69 Å². The number of anilines is 1. The van der Waals surface area contributed by atoms with Crippen LogP contribution in [0.3, 0.4) is 0 Å². The van der Waals surface area contributed by atoms with Crippen LogP contribution in [0.1, 0.15) is 56.2 Å². The van der Waals surface area contributed by atoms with Crippen molar-refractivity contribution >= 4 is 17.5 Å². The van der Waals surface area contributed by atoms with E-state index >= 15 is 0 Å². The summed E-state index contributed by atoms with van der Waals surface area (Å²) in [5, 5.41) is 5.52. The minimum Gasteiger partial charge on any atom is -0.374 e. The molecule has 1 aromatic carbocycles. The third-order valence-electron chi connectivity index (χ3n) is 5.87. The summed E-state index contributed by atoms with van der Waals surface area (Å²) in [6, 6.07) is 6.84. The Labute approximate surface area is 168 Å². The predicted octanol–water partition coefficient (Wildman–Crippen LogP) is 2.24. The summed E-state index contributed by atoms with van der Waals surface area (Å²) in [7, 11) is 2.15. The molecule has 0 aromatic heterocycles. The SMILES string of the molecule is CCCNC(=O)C(=O)NCC(c1ccc2c(c1)CCCN2C)N1CCCCC1. The van der Waals surface area contributed by atoms with E-state index in [1.807, 2.05) is 6.92 Å². The Morgan fingerprint density at radius 1 is 1.04 bits per heavy atom. The van der Waals surface area contributed by atoms with Crippen molar-refractivity contribution in [3.05, 3.63) is 29.3 Å². The van der Waals surface area contributed by atoms with Gasteiger partial charge in [-0.05, 0) is 62.4 Å². The number of aryl methyl sites for hydroxylation is 1. The number of rotatable bonds is 6.